The number of amides is 1. The first kappa shape index (κ1) is 17.0. The van der Waals surface area contributed by atoms with Crippen LogP contribution in [-0.2, 0) is 0 Å². The number of aryl methyl sites for hydroxylation is 1. The topological polar surface area (TPSA) is 49.3 Å². The number of aliphatic hydroxyl groups excluding tert-OH is 1. The van der Waals surface area contributed by atoms with Gasteiger partial charge in [-0.2, -0.15) is 0 Å². The number of benzene rings is 2. The van der Waals surface area contributed by atoms with E-state index in [1.54, 1.807) is 24.3 Å². The van der Waals surface area contributed by atoms with E-state index in [9.17, 15) is 27.5 Å². The monoisotopic (exact) mass is 327 g/mol. The van der Waals surface area contributed by atoms with Crippen molar-refractivity contribution in [3.8, 4) is 0 Å². The molecule has 0 aliphatic carbocycles. The average molecular weight is 327 g/mol. The van der Waals surface area contributed by atoms with Crippen LogP contribution in [-0.4, -0.2) is 17.6 Å². The second-order valence-electron chi connectivity index (χ2n) is 4.98. The number of rotatable bonds is 4. The van der Waals surface area contributed by atoms with E-state index in [-0.39, 0.29) is 12.6 Å². The van der Waals surface area contributed by atoms with E-state index in [0.29, 0.717) is 5.56 Å². The van der Waals surface area contributed by atoms with E-state index in [0.717, 1.165) is 5.56 Å². The van der Waals surface area contributed by atoms with Gasteiger partial charge >= 0.3 is 0 Å². The zero-order valence-corrected chi connectivity index (χ0v) is 12.0. The Morgan fingerprint density at radius 3 is 2.30 bits per heavy atom. The number of halogens is 4. The Balaban J connectivity index is 2.09. The zero-order valence-electron chi connectivity index (χ0n) is 12.0. The third kappa shape index (κ3) is 3.68. The van der Waals surface area contributed by atoms with Gasteiger partial charge in [-0.1, -0.05) is 29.8 Å². The molecule has 2 aromatic rings. The molecule has 23 heavy (non-hydrogen) atoms. The number of carbonyl (C=O) groups is 1. The van der Waals surface area contributed by atoms with Crippen LogP contribution in [0.3, 0.4) is 0 Å². The van der Waals surface area contributed by atoms with Crippen LogP contribution < -0.4 is 5.32 Å². The van der Waals surface area contributed by atoms with Crippen molar-refractivity contribution in [3.05, 3.63) is 70.3 Å². The van der Waals surface area contributed by atoms with Crippen molar-refractivity contribution in [2.75, 3.05) is 6.54 Å². The standard InChI is InChI=1S/C16H13F4NO2/c1-8-2-4-9(5-3-8)12(22)7-21-16(23)10-6-11(17)14(19)15(20)13(10)18/h2-6,12,22H,7H2,1H3,(H,21,23). The Labute approximate surface area is 129 Å². The fourth-order valence-electron chi connectivity index (χ4n) is 1.93. The quantitative estimate of drug-likeness (QED) is 0.515. The Bertz CT molecular complexity index is 732. The number of nitrogens with one attached hydrogen (secondary N) is 1. The van der Waals surface area contributed by atoms with Gasteiger partial charge in [0.25, 0.3) is 5.91 Å². The maximum absolute atomic E-state index is 13.5. The highest BCUT2D eigenvalue weighted by molar-refractivity contribution is 5.94. The van der Waals surface area contributed by atoms with Gasteiger partial charge in [0.05, 0.1) is 11.7 Å². The molecule has 7 heteroatoms. The maximum Gasteiger partial charge on any atom is 0.254 e. The summed E-state index contributed by atoms with van der Waals surface area (Å²) in [6, 6.07) is 7.06. The molecule has 1 unspecified atom stereocenters. The highest BCUT2D eigenvalue weighted by atomic mass is 19.2. The summed E-state index contributed by atoms with van der Waals surface area (Å²) >= 11 is 0. The summed E-state index contributed by atoms with van der Waals surface area (Å²) in [5.74, 6) is -8.67. The molecule has 0 aliphatic heterocycles. The smallest absolute Gasteiger partial charge is 0.254 e. The van der Waals surface area contributed by atoms with E-state index < -0.39 is 40.8 Å². The van der Waals surface area contributed by atoms with Crippen LogP contribution >= 0.6 is 0 Å². The van der Waals surface area contributed by atoms with Crippen LogP contribution in [0, 0.1) is 30.2 Å². The van der Waals surface area contributed by atoms with Crippen LogP contribution in [0.4, 0.5) is 17.6 Å². The Hall–Kier alpha value is -2.41. The molecule has 0 aliphatic rings. The Kier molecular flexibility index (Phi) is 5.00. The van der Waals surface area contributed by atoms with Crippen LogP contribution in [0.15, 0.2) is 30.3 Å². The normalized spacial score (nSPS) is 12.1. The molecule has 0 saturated heterocycles. The highest BCUT2D eigenvalue weighted by Gasteiger charge is 2.23. The molecule has 0 heterocycles. The first-order valence-electron chi connectivity index (χ1n) is 6.67. The van der Waals surface area contributed by atoms with Crippen LogP contribution in [0.2, 0.25) is 0 Å². The second-order valence-corrected chi connectivity index (χ2v) is 4.98. The van der Waals surface area contributed by atoms with E-state index in [2.05, 4.69) is 5.32 Å². The molecule has 0 saturated carbocycles. The Morgan fingerprint density at radius 1 is 1.09 bits per heavy atom. The van der Waals surface area contributed by atoms with Gasteiger partial charge in [-0.3, -0.25) is 4.79 Å². The minimum Gasteiger partial charge on any atom is -0.387 e. The van der Waals surface area contributed by atoms with Crippen LogP contribution in [0.25, 0.3) is 0 Å². The molecule has 0 aromatic heterocycles. The van der Waals surface area contributed by atoms with Crippen molar-refractivity contribution in [3.63, 3.8) is 0 Å². The van der Waals surface area contributed by atoms with Crippen molar-refractivity contribution in [2.45, 2.75) is 13.0 Å². The summed E-state index contributed by atoms with van der Waals surface area (Å²) in [5, 5.41) is 12.1. The lowest BCUT2D eigenvalue weighted by molar-refractivity contribution is 0.0910. The summed E-state index contributed by atoms with van der Waals surface area (Å²) in [7, 11) is 0. The summed E-state index contributed by atoms with van der Waals surface area (Å²) in [4.78, 5) is 11.8. The molecule has 2 rings (SSSR count). The van der Waals surface area contributed by atoms with Gasteiger partial charge in [-0.25, -0.2) is 17.6 Å². The predicted octanol–water partition coefficient (Wildman–Crippen LogP) is 3.01. The molecule has 0 bridgehead atoms. The SMILES string of the molecule is Cc1ccc(C(O)CNC(=O)c2cc(F)c(F)c(F)c2F)cc1. The first-order chi connectivity index (χ1) is 10.8. The predicted molar refractivity (Wildman–Crippen MR) is 74.7 cm³/mol. The molecule has 1 atom stereocenters. The number of hydrogen-bond donors (Lipinski definition) is 2. The minimum atomic E-state index is -2.06. The molecule has 3 nitrogen and oxygen atoms in total. The fourth-order valence-corrected chi connectivity index (χ4v) is 1.93. The summed E-state index contributed by atoms with van der Waals surface area (Å²) < 4.78 is 52.5. The van der Waals surface area contributed by atoms with Gasteiger partial charge in [0.15, 0.2) is 23.3 Å². The van der Waals surface area contributed by atoms with Crippen LogP contribution in [0.1, 0.15) is 27.6 Å². The van der Waals surface area contributed by atoms with Gasteiger partial charge in [0.2, 0.25) is 0 Å². The van der Waals surface area contributed by atoms with E-state index in [1.807, 2.05) is 6.92 Å². The number of carbonyl (C=O) groups excluding carboxylic acids is 1. The summed E-state index contributed by atoms with van der Waals surface area (Å²) in [5.41, 5.74) is 0.509. The van der Waals surface area contributed by atoms with Crippen molar-refractivity contribution < 1.29 is 27.5 Å². The minimum absolute atomic E-state index is 0.265. The second kappa shape index (κ2) is 6.78. The number of aliphatic hydroxyl groups is 1. The molecule has 0 radical (unpaired) electrons. The van der Waals surface area contributed by atoms with Gasteiger partial charge < -0.3 is 10.4 Å². The molecule has 0 fully saturated rings. The van der Waals surface area contributed by atoms with Crippen LogP contribution in [0.5, 0.6) is 0 Å². The van der Waals surface area contributed by atoms with Gasteiger partial charge in [0, 0.05) is 6.54 Å². The molecule has 2 aromatic carbocycles. The molecule has 0 spiro atoms. The Morgan fingerprint density at radius 2 is 1.70 bits per heavy atom. The molecule has 122 valence electrons. The third-order valence-corrected chi connectivity index (χ3v) is 3.27. The zero-order chi connectivity index (χ0) is 17.1. The first-order valence-corrected chi connectivity index (χ1v) is 6.67. The molecular weight excluding hydrogens is 314 g/mol. The van der Waals surface area contributed by atoms with Gasteiger partial charge in [-0.15, -0.1) is 0 Å². The highest BCUT2D eigenvalue weighted by Crippen LogP contribution is 2.19. The molecule has 1 amide bonds. The molecular formula is C16H13F4NO2. The molecule has 2 N–H and O–H groups in total. The largest absolute Gasteiger partial charge is 0.387 e. The number of hydrogen-bond acceptors (Lipinski definition) is 2. The fraction of sp³-hybridized carbons (Fsp3) is 0.188. The van der Waals surface area contributed by atoms with E-state index in [4.69, 9.17) is 0 Å². The van der Waals surface area contributed by atoms with Gasteiger partial charge in [-0.05, 0) is 18.6 Å². The lowest BCUT2D eigenvalue weighted by atomic mass is 10.1. The summed E-state index contributed by atoms with van der Waals surface area (Å²) in [6.07, 6.45) is -1.09. The maximum atomic E-state index is 13.5. The van der Waals surface area contributed by atoms with E-state index in [1.165, 1.54) is 0 Å². The third-order valence-electron chi connectivity index (χ3n) is 3.27. The van der Waals surface area contributed by atoms with Gasteiger partial charge in [0.1, 0.15) is 0 Å². The van der Waals surface area contributed by atoms with Crippen molar-refractivity contribution in [1.82, 2.24) is 5.32 Å². The van der Waals surface area contributed by atoms with Crippen molar-refractivity contribution in [2.24, 2.45) is 0 Å². The van der Waals surface area contributed by atoms with Crippen molar-refractivity contribution >= 4 is 5.91 Å². The average Bonchev–Trinajstić information content (AvgIpc) is 2.54. The lowest BCUT2D eigenvalue weighted by Gasteiger charge is -2.13. The summed E-state index contributed by atoms with van der Waals surface area (Å²) in [6.45, 7) is 1.56. The van der Waals surface area contributed by atoms with Crippen molar-refractivity contribution in [1.29, 1.82) is 0 Å². The lowest BCUT2D eigenvalue weighted by Crippen LogP contribution is -2.29. The van der Waals surface area contributed by atoms with E-state index >= 15 is 0 Å².